The third-order valence-corrected chi connectivity index (χ3v) is 6.22. The predicted octanol–water partition coefficient (Wildman–Crippen LogP) is 0.111. The van der Waals surface area contributed by atoms with Gasteiger partial charge in [0.1, 0.15) is 0 Å². The Morgan fingerprint density at radius 1 is 1.31 bits per heavy atom. The molecule has 1 atom stereocenters. The molecule has 8 nitrogen and oxygen atoms in total. The van der Waals surface area contributed by atoms with Crippen molar-refractivity contribution in [3.63, 3.8) is 0 Å². The lowest BCUT2D eigenvalue weighted by atomic mass is 10.1. The molecule has 146 valence electrons. The van der Waals surface area contributed by atoms with Crippen LogP contribution in [-0.2, 0) is 14.8 Å². The molecule has 1 saturated heterocycles. The molecule has 2 N–H and O–H groups in total. The summed E-state index contributed by atoms with van der Waals surface area (Å²) in [5.74, 6) is -0.288. The van der Waals surface area contributed by atoms with Crippen LogP contribution in [0.25, 0.3) is 0 Å². The molecule has 0 aromatic heterocycles. The molecule has 9 heteroatoms. The molecule has 1 heterocycles. The molecule has 26 heavy (non-hydrogen) atoms. The van der Waals surface area contributed by atoms with Gasteiger partial charge in [0.25, 0.3) is 5.91 Å². The first-order chi connectivity index (χ1) is 12.3. The SMILES string of the molecule is CNC(C)CNC(=O)c1cc(S(=O)(=O)N(C)C)ccc1N1CCOCC1. The number of nitrogens with one attached hydrogen (secondary N) is 2. The van der Waals surface area contributed by atoms with Crippen LogP contribution in [0.2, 0.25) is 0 Å². The highest BCUT2D eigenvalue weighted by molar-refractivity contribution is 7.89. The lowest BCUT2D eigenvalue weighted by molar-refractivity contribution is 0.0949. The largest absolute Gasteiger partial charge is 0.378 e. The number of nitrogens with zero attached hydrogens (tertiary/aromatic N) is 2. The number of carbonyl (C=O) groups is 1. The minimum Gasteiger partial charge on any atom is -0.378 e. The van der Waals surface area contributed by atoms with Gasteiger partial charge in [0, 0.05) is 45.5 Å². The molecular formula is C17H28N4O4S. The van der Waals surface area contributed by atoms with E-state index in [9.17, 15) is 13.2 Å². The maximum absolute atomic E-state index is 12.8. The molecule has 1 amide bonds. The van der Waals surface area contributed by atoms with Crippen LogP contribution in [0.4, 0.5) is 5.69 Å². The fourth-order valence-electron chi connectivity index (χ4n) is 2.59. The van der Waals surface area contributed by atoms with Crippen molar-refractivity contribution in [3.8, 4) is 0 Å². The number of hydrogen-bond acceptors (Lipinski definition) is 6. The van der Waals surface area contributed by atoms with Gasteiger partial charge in [0.05, 0.1) is 23.7 Å². The molecule has 1 aliphatic heterocycles. The standard InChI is InChI=1S/C17H28N4O4S/c1-13(18-2)12-19-17(22)15-11-14(26(23,24)20(3)4)5-6-16(15)21-7-9-25-10-8-21/h5-6,11,13,18H,7-10,12H2,1-4H3,(H,19,22). The van der Waals surface area contributed by atoms with Crippen LogP contribution < -0.4 is 15.5 Å². The van der Waals surface area contributed by atoms with Crippen LogP contribution in [-0.4, -0.2) is 78.7 Å². The van der Waals surface area contributed by atoms with Crippen molar-refractivity contribution in [3.05, 3.63) is 23.8 Å². The van der Waals surface area contributed by atoms with Crippen molar-refractivity contribution in [1.29, 1.82) is 0 Å². The highest BCUT2D eigenvalue weighted by atomic mass is 32.2. The molecule has 0 radical (unpaired) electrons. The van der Waals surface area contributed by atoms with E-state index in [0.717, 1.165) is 9.99 Å². The van der Waals surface area contributed by atoms with E-state index >= 15 is 0 Å². The normalized spacial score (nSPS) is 16.6. The molecule has 2 rings (SSSR count). The number of carbonyl (C=O) groups excluding carboxylic acids is 1. The molecule has 1 fully saturated rings. The fourth-order valence-corrected chi connectivity index (χ4v) is 3.52. The number of benzene rings is 1. The average molecular weight is 385 g/mol. The summed E-state index contributed by atoms with van der Waals surface area (Å²) in [6.07, 6.45) is 0. The fraction of sp³-hybridized carbons (Fsp3) is 0.588. The molecule has 0 bridgehead atoms. The first-order valence-electron chi connectivity index (χ1n) is 8.62. The number of rotatable bonds is 7. The van der Waals surface area contributed by atoms with Gasteiger partial charge < -0.3 is 20.3 Å². The van der Waals surface area contributed by atoms with E-state index in [0.29, 0.717) is 38.4 Å². The molecule has 0 saturated carbocycles. The van der Waals surface area contributed by atoms with E-state index in [1.165, 1.54) is 20.2 Å². The van der Waals surface area contributed by atoms with Gasteiger partial charge in [0.15, 0.2) is 0 Å². The highest BCUT2D eigenvalue weighted by Crippen LogP contribution is 2.26. The summed E-state index contributed by atoms with van der Waals surface area (Å²) in [4.78, 5) is 14.9. The van der Waals surface area contributed by atoms with Gasteiger partial charge in [-0.1, -0.05) is 0 Å². The van der Waals surface area contributed by atoms with Gasteiger partial charge in [-0.3, -0.25) is 4.79 Å². The van der Waals surface area contributed by atoms with Gasteiger partial charge in [0.2, 0.25) is 10.0 Å². The molecule has 1 aliphatic rings. The molecule has 1 aromatic rings. The Morgan fingerprint density at radius 3 is 2.54 bits per heavy atom. The van der Waals surface area contributed by atoms with E-state index in [2.05, 4.69) is 10.6 Å². The number of ether oxygens (including phenoxy) is 1. The van der Waals surface area contributed by atoms with Crippen LogP contribution in [0.3, 0.4) is 0 Å². The zero-order valence-corrected chi connectivity index (χ0v) is 16.6. The molecule has 0 spiro atoms. The number of likely N-dealkylation sites (N-methyl/N-ethyl adjacent to an activating group) is 1. The quantitative estimate of drug-likeness (QED) is 0.694. The van der Waals surface area contributed by atoms with Crippen molar-refractivity contribution in [2.45, 2.75) is 17.9 Å². The maximum Gasteiger partial charge on any atom is 0.253 e. The predicted molar refractivity (Wildman–Crippen MR) is 101 cm³/mol. The van der Waals surface area contributed by atoms with Crippen molar-refractivity contribution >= 4 is 21.6 Å². The summed E-state index contributed by atoms with van der Waals surface area (Å²) < 4.78 is 31.4. The Hall–Kier alpha value is -1.68. The van der Waals surface area contributed by atoms with E-state index in [1.54, 1.807) is 12.1 Å². The topological polar surface area (TPSA) is 91.0 Å². The second kappa shape index (κ2) is 8.81. The highest BCUT2D eigenvalue weighted by Gasteiger charge is 2.24. The molecule has 0 aliphatic carbocycles. The monoisotopic (exact) mass is 384 g/mol. The number of anilines is 1. The van der Waals surface area contributed by atoms with Crippen molar-refractivity contribution < 1.29 is 17.9 Å². The van der Waals surface area contributed by atoms with Crippen LogP contribution in [0.1, 0.15) is 17.3 Å². The second-order valence-electron chi connectivity index (χ2n) is 6.47. The number of amides is 1. The average Bonchev–Trinajstić information content (AvgIpc) is 2.65. The number of hydrogen-bond donors (Lipinski definition) is 2. The summed E-state index contributed by atoms with van der Waals surface area (Å²) in [5.41, 5.74) is 1.08. The van der Waals surface area contributed by atoms with Crippen LogP contribution in [0.5, 0.6) is 0 Å². The minimum absolute atomic E-state index is 0.103. The summed E-state index contributed by atoms with van der Waals surface area (Å²) in [6, 6.07) is 4.82. The van der Waals surface area contributed by atoms with E-state index in [1.807, 2.05) is 18.9 Å². The van der Waals surface area contributed by atoms with Crippen LogP contribution in [0, 0.1) is 0 Å². The van der Waals surface area contributed by atoms with Gasteiger partial charge in [-0.15, -0.1) is 0 Å². The Balaban J connectivity index is 2.39. The van der Waals surface area contributed by atoms with Crippen LogP contribution in [0.15, 0.2) is 23.1 Å². The number of sulfonamides is 1. The van der Waals surface area contributed by atoms with E-state index in [4.69, 9.17) is 4.74 Å². The summed E-state index contributed by atoms with van der Waals surface area (Å²) in [7, 11) is 1.14. The molecule has 1 unspecified atom stereocenters. The Morgan fingerprint density at radius 2 is 1.96 bits per heavy atom. The van der Waals surface area contributed by atoms with Gasteiger partial charge in [-0.25, -0.2) is 12.7 Å². The van der Waals surface area contributed by atoms with Crippen LogP contribution >= 0.6 is 0 Å². The second-order valence-corrected chi connectivity index (χ2v) is 8.62. The summed E-state index contributed by atoms with van der Waals surface area (Å²) in [5, 5.41) is 5.93. The van der Waals surface area contributed by atoms with E-state index < -0.39 is 10.0 Å². The Bertz CT molecular complexity index is 730. The smallest absolute Gasteiger partial charge is 0.253 e. The Labute approximate surface area is 155 Å². The third-order valence-electron chi connectivity index (χ3n) is 4.40. The van der Waals surface area contributed by atoms with Gasteiger partial charge >= 0.3 is 0 Å². The van der Waals surface area contributed by atoms with Crippen molar-refractivity contribution in [2.24, 2.45) is 0 Å². The molecular weight excluding hydrogens is 356 g/mol. The van der Waals surface area contributed by atoms with Gasteiger partial charge in [-0.05, 0) is 32.2 Å². The van der Waals surface area contributed by atoms with Crippen molar-refractivity contribution in [2.75, 3.05) is 58.9 Å². The third kappa shape index (κ3) is 4.73. The lowest BCUT2D eigenvalue weighted by Crippen LogP contribution is -2.40. The van der Waals surface area contributed by atoms with E-state index in [-0.39, 0.29) is 16.8 Å². The number of morpholine rings is 1. The van der Waals surface area contributed by atoms with Gasteiger partial charge in [-0.2, -0.15) is 0 Å². The zero-order chi connectivity index (χ0) is 19.3. The van der Waals surface area contributed by atoms with Crippen molar-refractivity contribution in [1.82, 2.24) is 14.9 Å². The maximum atomic E-state index is 12.8. The Kier molecular flexibility index (Phi) is 6.99. The first kappa shape index (κ1) is 20.6. The summed E-state index contributed by atoms with van der Waals surface area (Å²) >= 11 is 0. The first-order valence-corrected chi connectivity index (χ1v) is 10.1. The lowest BCUT2D eigenvalue weighted by Gasteiger charge is -2.30. The molecule has 1 aromatic carbocycles. The minimum atomic E-state index is -3.62. The zero-order valence-electron chi connectivity index (χ0n) is 15.8. The summed E-state index contributed by atoms with van der Waals surface area (Å²) in [6.45, 7) is 4.88.